The van der Waals surface area contributed by atoms with Crippen LogP contribution in [0.1, 0.15) is 0 Å². The van der Waals surface area contributed by atoms with Crippen LogP contribution in [-0.4, -0.2) is 43.3 Å². The molecule has 0 saturated heterocycles. The molecule has 0 atom stereocenters. The van der Waals surface area contributed by atoms with Crippen LogP contribution < -0.4 is 0 Å². The molecule has 0 fully saturated rings. The molecule has 0 aromatic heterocycles. The minimum atomic E-state index is -1.83. The molecule has 0 bridgehead atoms. The first kappa shape index (κ1) is 15.8. The number of carbonyl (C=O) groups is 2. The fourth-order valence-corrected chi connectivity index (χ4v) is 0. The monoisotopic (exact) mass is 158 g/mol. The van der Waals surface area contributed by atoms with E-state index >= 15 is 0 Å². The molecule has 0 radical (unpaired) electrons. The number of carboxylic acid groups (broad SMARTS) is 4. The Bertz CT molecular complexity index is 65.3. The van der Waals surface area contributed by atoms with Crippen molar-refractivity contribution in [3.05, 3.63) is 0 Å². The largest absolute Gasteiger partial charge is 0.503 e. The molecule has 0 spiro atoms. The summed E-state index contributed by atoms with van der Waals surface area (Å²) >= 11 is 0. The topological polar surface area (TPSA) is 156 Å². The minimum absolute atomic E-state index is 1.83. The van der Waals surface area contributed by atoms with Crippen molar-refractivity contribution in [3.63, 3.8) is 0 Å². The molecule has 0 aliphatic rings. The summed E-state index contributed by atoms with van der Waals surface area (Å²) in [4.78, 5) is 17.1. The number of rotatable bonds is 0. The third-order valence-electron chi connectivity index (χ3n) is 0. The molecule has 8 nitrogen and oxygen atoms in total. The summed E-state index contributed by atoms with van der Waals surface area (Å²) in [5.74, 6) is 0. The predicted octanol–water partition coefficient (Wildman–Crippen LogP) is 0.462. The molecular weight excluding hydrogens is 152 g/mol. The Morgan fingerprint density at radius 3 is 0.700 bits per heavy atom. The van der Waals surface area contributed by atoms with Gasteiger partial charge in [-0.1, -0.05) is 0 Å². The Balaban J connectivity index is -0.0000000787. The quantitative estimate of drug-likeness (QED) is 0.219. The smallest absolute Gasteiger partial charge is 0.450 e. The summed E-state index contributed by atoms with van der Waals surface area (Å²) in [6, 6.07) is 0. The second kappa shape index (κ2) is 15.7. The van der Waals surface area contributed by atoms with Crippen LogP contribution in [0.15, 0.2) is 0 Å². The van der Waals surface area contributed by atoms with Crippen molar-refractivity contribution in [2.45, 2.75) is 0 Å². The van der Waals surface area contributed by atoms with Crippen LogP contribution >= 0.6 is 0 Å². The lowest BCUT2D eigenvalue weighted by molar-refractivity contribution is -0.176. The summed E-state index contributed by atoms with van der Waals surface area (Å²) in [5.41, 5.74) is 0. The molecule has 10 heavy (non-hydrogen) atoms. The highest BCUT2D eigenvalue weighted by Crippen LogP contribution is 1.43. The van der Waals surface area contributed by atoms with Crippen molar-refractivity contribution in [1.82, 2.24) is 0 Å². The highest BCUT2D eigenvalue weighted by Gasteiger charge is 1.70. The molecule has 6 N–H and O–H groups in total. The van der Waals surface area contributed by atoms with Gasteiger partial charge in [-0.2, -0.15) is 0 Å². The van der Waals surface area contributed by atoms with Crippen molar-refractivity contribution < 1.29 is 40.5 Å². The van der Waals surface area contributed by atoms with E-state index in [9.17, 15) is 0 Å². The Hall–Kier alpha value is -1.54. The lowest BCUT2D eigenvalue weighted by atomic mass is 11.5. The van der Waals surface area contributed by atoms with Crippen LogP contribution in [0.2, 0.25) is 0 Å². The Kier molecular flexibility index (Phi) is 24.7. The van der Waals surface area contributed by atoms with Gasteiger partial charge in [0.15, 0.2) is 0 Å². The molecule has 0 aliphatic carbocycles. The first-order valence-electron chi connectivity index (χ1n) is 1.50. The zero-order valence-corrected chi connectivity index (χ0v) is 4.50. The van der Waals surface area contributed by atoms with Crippen molar-refractivity contribution in [2.24, 2.45) is 0 Å². The van der Waals surface area contributed by atoms with E-state index < -0.39 is 12.3 Å². The second-order valence-electron chi connectivity index (χ2n) is 0.565. The second-order valence-corrected chi connectivity index (χ2v) is 0.565. The van der Waals surface area contributed by atoms with Crippen molar-refractivity contribution in [1.29, 1.82) is 0 Å². The van der Waals surface area contributed by atoms with Gasteiger partial charge in [-0.3, -0.25) is 10.5 Å². The molecule has 0 heterocycles. The molecule has 8 heteroatoms. The Morgan fingerprint density at radius 1 is 0.700 bits per heavy atom. The van der Waals surface area contributed by atoms with Crippen molar-refractivity contribution in [3.8, 4) is 0 Å². The van der Waals surface area contributed by atoms with E-state index in [0.29, 0.717) is 0 Å². The van der Waals surface area contributed by atoms with Gasteiger partial charge in [-0.25, -0.2) is 9.59 Å². The average Bonchev–Trinajstić information content (AvgIpc) is 1.66. The highest BCUT2D eigenvalue weighted by molar-refractivity contribution is 5.53. The van der Waals surface area contributed by atoms with E-state index in [1.807, 2.05) is 0 Å². The normalized spacial score (nSPS) is 5.40. The lowest BCUT2D eigenvalue weighted by Gasteiger charge is -1.60. The summed E-state index contributed by atoms with van der Waals surface area (Å²) in [7, 11) is 0. The van der Waals surface area contributed by atoms with E-state index in [2.05, 4.69) is 0 Å². The standard InChI is InChI=1S/2CH2O3.H2O2/c2*2-1(3)4;1-2/h2*(H2,2,3,4);1-2H. The van der Waals surface area contributed by atoms with Gasteiger partial charge in [0.25, 0.3) is 0 Å². The van der Waals surface area contributed by atoms with Crippen LogP contribution in [0, 0.1) is 0 Å². The van der Waals surface area contributed by atoms with Crippen LogP contribution in [0.5, 0.6) is 0 Å². The Labute approximate surface area is 54.1 Å². The summed E-state index contributed by atoms with van der Waals surface area (Å²) in [6.45, 7) is 0. The first-order chi connectivity index (χ1) is 4.46. The molecule has 0 rings (SSSR count). The minimum Gasteiger partial charge on any atom is -0.450 e. The van der Waals surface area contributed by atoms with Crippen LogP contribution in [0.25, 0.3) is 0 Å². The molecule has 0 aromatic rings. The fourth-order valence-electron chi connectivity index (χ4n) is 0. The Morgan fingerprint density at radius 2 is 0.700 bits per heavy atom. The van der Waals surface area contributed by atoms with Gasteiger partial charge in [0, 0.05) is 0 Å². The first-order valence-corrected chi connectivity index (χ1v) is 1.50. The lowest BCUT2D eigenvalue weighted by Crippen LogP contribution is -1.81. The summed E-state index contributed by atoms with van der Waals surface area (Å²) < 4.78 is 0. The maximum Gasteiger partial charge on any atom is 0.503 e. The molecule has 0 saturated carbocycles. The fraction of sp³-hybridized carbons (Fsp3) is 0. The highest BCUT2D eigenvalue weighted by atomic mass is 17.0. The maximum atomic E-state index is 8.56. The van der Waals surface area contributed by atoms with Crippen molar-refractivity contribution in [2.75, 3.05) is 0 Å². The third-order valence-corrected chi connectivity index (χ3v) is 0. The predicted molar refractivity (Wildman–Crippen MR) is 26.6 cm³/mol. The molecule has 0 aliphatic heterocycles. The van der Waals surface area contributed by atoms with Crippen molar-refractivity contribution >= 4 is 12.3 Å². The molecule has 0 aromatic carbocycles. The van der Waals surface area contributed by atoms with E-state index in [0.717, 1.165) is 0 Å². The zero-order valence-electron chi connectivity index (χ0n) is 4.50. The molecule has 0 unspecified atom stereocenters. The molecular formula is C2H6O8. The maximum absolute atomic E-state index is 8.56. The average molecular weight is 158 g/mol. The summed E-state index contributed by atoms with van der Waals surface area (Å²) in [6.07, 6.45) is -3.67. The number of hydrogen-bond donors (Lipinski definition) is 6. The SMILES string of the molecule is O=C(O)O.O=C(O)O.OO. The van der Waals surface area contributed by atoms with Crippen LogP contribution in [0.3, 0.4) is 0 Å². The van der Waals surface area contributed by atoms with E-state index in [1.54, 1.807) is 0 Å². The van der Waals surface area contributed by atoms with Gasteiger partial charge in [0.1, 0.15) is 0 Å². The van der Waals surface area contributed by atoms with Gasteiger partial charge in [-0.15, -0.1) is 0 Å². The van der Waals surface area contributed by atoms with Gasteiger partial charge >= 0.3 is 12.3 Å². The van der Waals surface area contributed by atoms with Gasteiger partial charge in [0.2, 0.25) is 0 Å². The molecule has 0 amide bonds. The van der Waals surface area contributed by atoms with Gasteiger partial charge < -0.3 is 20.4 Å². The van der Waals surface area contributed by atoms with Gasteiger partial charge in [-0.05, 0) is 0 Å². The molecule has 62 valence electrons. The van der Waals surface area contributed by atoms with E-state index in [-0.39, 0.29) is 0 Å². The van der Waals surface area contributed by atoms with E-state index in [4.69, 9.17) is 40.5 Å². The van der Waals surface area contributed by atoms with Gasteiger partial charge in [0.05, 0.1) is 0 Å². The third kappa shape index (κ3) is 81.2. The summed E-state index contributed by atoms with van der Waals surface area (Å²) in [5, 5.41) is 39.9. The number of hydrogen-bond acceptors (Lipinski definition) is 4. The van der Waals surface area contributed by atoms with Crippen LogP contribution in [-0.2, 0) is 0 Å². The van der Waals surface area contributed by atoms with Crippen LogP contribution in [0.4, 0.5) is 9.59 Å². The zero-order chi connectivity index (χ0) is 9.15. The van der Waals surface area contributed by atoms with E-state index in [1.165, 1.54) is 0 Å².